The van der Waals surface area contributed by atoms with Crippen LogP contribution < -0.4 is 5.32 Å². The van der Waals surface area contributed by atoms with Gasteiger partial charge in [-0.3, -0.25) is 0 Å². The molecule has 0 aromatic heterocycles. The standard InChI is InChI=1S/C5H9NS/c1-2-7-5-3-4(5)6-1/h4-6H,1-3H2. The van der Waals surface area contributed by atoms with Crippen LogP contribution in [0.25, 0.3) is 0 Å². The van der Waals surface area contributed by atoms with Gasteiger partial charge >= 0.3 is 0 Å². The number of nitrogens with one attached hydrogen (secondary N) is 1. The summed E-state index contributed by atoms with van der Waals surface area (Å²) in [4.78, 5) is 0. The molecule has 0 aromatic carbocycles. The van der Waals surface area contributed by atoms with Crippen LogP contribution in [0.15, 0.2) is 0 Å². The van der Waals surface area contributed by atoms with Crippen LogP contribution in [0.3, 0.4) is 0 Å². The Kier molecular flexibility index (Phi) is 0.837. The summed E-state index contributed by atoms with van der Waals surface area (Å²) in [6, 6.07) is 0.916. The van der Waals surface area contributed by atoms with Crippen molar-refractivity contribution in [2.24, 2.45) is 0 Å². The fourth-order valence-corrected chi connectivity index (χ4v) is 2.24. The van der Waals surface area contributed by atoms with Gasteiger partial charge in [-0.15, -0.1) is 0 Å². The predicted molar refractivity (Wildman–Crippen MR) is 32.7 cm³/mol. The smallest absolute Gasteiger partial charge is 0.0217 e. The van der Waals surface area contributed by atoms with Crippen molar-refractivity contribution < 1.29 is 0 Å². The van der Waals surface area contributed by atoms with Crippen molar-refractivity contribution in [3.8, 4) is 0 Å². The zero-order valence-corrected chi connectivity index (χ0v) is 5.00. The van der Waals surface area contributed by atoms with E-state index in [0.29, 0.717) is 0 Å². The SMILES string of the molecule is C1CSC2CC2N1. The Bertz CT molecular complexity index is 74.1. The summed E-state index contributed by atoms with van der Waals surface area (Å²) in [5.41, 5.74) is 0. The molecule has 1 nitrogen and oxygen atoms in total. The normalized spacial score (nSPS) is 48.0. The number of rotatable bonds is 0. The first kappa shape index (κ1) is 4.21. The van der Waals surface area contributed by atoms with Gasteiger partial charge in [0, 0.05) is 23.6 Å². The molecule has 0 spiro atoms. The molecule has 1 heterocycles. The second-order valence-electron chi connectivity index (χ2n) is 2.21. The lowest BCUT2D eigenvalue weighted by Crippen LogP contribution is -2.25. The van der Waals surface area contributed by atoms with Crippen molar-refractivity contribution in [3.63, 3.8) is 0 Å². The summed E-state index contributed by atoms with van der Waals surface area (Å²) < 4.78 is 0. The molecule has 2 aliphatic rings. The van der Waals surface area contributed by atoms with E-state index in [1.165, 1.54) is 18.7 Å². The van der Waals surface area contributed by atoms with Crippen molar-refractivity contribution in [3.05, 3.63) is 0 Å². The monoisotopic (exact) mass is 115 g/mol. The van der Waals surface area contributed by atoms with Gasteiger partial charge in [0.25, 0.3) is 0 Å². The van der Waals surface area contributed by atoms with Gasteiger partial charge in [-0.2, -0.15) is 11.8 Å². The Labute approximate surface area is 47.9 Å². The van der Waals surface area contributed by atoms with Crippen molar-refractivity contribution in [1.29, 1.82) is 0 Å². The molecule has 1 N–H and O–H groups in total. The average molecular weight is 115 g/mol. The summed E-state index contributed by atoms with van der Waals surface area (Å²) in [6.07, 6.45) is 1.44. The number of hydrogen-bond acceptors (Lipinski definition) is 2. The summed E-state index contributed by atoms with van der Waals surface area (Å²) in [5.74, 6) is 1.33. The largest absolute Gasteiger partial charge is 0.312 e. The zero-order chi connectivity index (χ0) is 4.69. The quantitative estimate of drug-likeness (QED) is 0.492. The van der Waals surface area contributed by atoms with E-state index in [0.717, 1.165) is 11.3 Å². The third-order valence-corrected chi connectivity index (χ3v) is 2.96. The minimum atomic E-state index is 0.916. The first-order valence-corrected chi connectivity index (χ1v) is 3.87. The van der Waals surface area contributed by atoms with Gasteiger partial charge in [0.1, 0.15) is 0 Å². The molecule has 2 unspecified atom stereocenters. The van der Waals surface area contributed by atoms with E-state index in [2.05, 4.69) is 17.1 Å². The molecule has 1 aliphatic heterocycles. The highest BCUT2D eigenvalue weighted by Gasteiger charge is 2.38. The molecule has 2 fully saturated rings. The Morgan fingerprint density at radius 3 is 3.14 bits per heavy atom. The van der Waals surface area contributed by atoms with E-state index < -0.39 is 0 Å². The second kappa shape index (κ2) is 1.39. The highest BCUT2D eigenvalue weighted by molar-refractivity contribution is 8.00. The maximum atomic E-state index is 3.44. The maximum Gasteiger partial charge on any atom is 0.0217 e. The number of hydrogen-bond donors (Lipinski definition) is 1. The second-order valence-corrected chi connectivity index (χ2v) is 3.55. The van der Waals surface area contributed by atoms with Gasteiger partial charge in [-0.05, 0) is 6.42 Å². The minimum absolute atomic E-state index is 0.916. The van der Waals surface area contributed by atoms with Gasteiger partial charge in [-0.1, -0.05) is 0 Å². The van der Waals surface area contributed by atoms with E-state index in [1.807, 2.05) is 0 Å². The van der Waals surface area contributed by atoms with Gasteiger partial charge in [0.15, 0.2) is 0 Å². The number of thioether (sulfide) groups is 1. The molecule has 0 radical (unpaired) electrons. The van der Waals surface area contributed by atoms with Crippen LogP contribution in [0.1, 0.15) is 6.42 Å². The Hall–Kier alpha value is 0.310. The van der Waals surface area contributed by atoms with Crippen LogP contribution in [-0.4, -0.2) is 23.6 Å². The summed E-state index contributed by atoms with van der Waals surface area (Å²) in [5, 5.41) is 4.44. The van der Waals surface area contributed by atoms with Gasteiger partial charge in [0.2, 0.25) is 0 Å². The third-order valence-electron chi connectivity index (χ3n) is 1.57. The Morgan fingerprint density at radius 2 is 2.57 bits per heavy atom. The van der Waals surface area contributed by atoms with E-state index in [1.54, 1.807) is 0 Å². The van der Waals surface area contributed by atoms with E-state index >= 15 is 0 Å². The topological polar surface area (TPSA) is 12.0 Å². The highest BCUT2D eigenvalue weighted by atomic mass is 32.2. The molecule has 0 aromatic rings. The van der Waals surface area contributed by atoms with Crippen molar-refractivity contribution in [2.45, 2.75) is 17.7 Å². The molecule has 0 bridgehead atoms. The molecule has 2 rings (SSSR count). The lowest BCUT2D eigenvalue weighted by Gasteiger charge is -2.08. The Balaban J connectivity index is 1.95. The van der Waals surface area contributed by atoms with Crippen LogP contribution in [0.4, 0.5) is 0 Å². The van der Waals surface area contributed by atoms with E-state index in [9.17, 15) is 0 Å². The van der Waals surface area contributed by atoms with E-state index in [-0.39, 0.29) is 0 Å². The van der Waals surface area contributed by atoms with Gasteiger partial charge in [0.05, 0.1) is 0 Å². The molecular formula is C5H9NS. The number of fused-ring (bicyclic) bond motifs is 1. The molecular weight excluding hydrogens is 106 g/mol. The molecule has 0 amide bonds. The third kappa shape index (κ3) is 0.662. The van der Waals surface area contributed by atoms with Gasteiger partial charge in [-0.25, -0.2) is 0 Å². The lowest BCUT2D eigenvalue weighted by atomic mass is 10.6. The molecule has 1 aliphatic carbocycles. The van der Waals surface area contributed by atoms with Crippen LogP contribution in [-0.2, 0) is 0 Å². The first-order valence-electron chi connectivity index (χ1n) is 2.82. The van der Waals surface area contributed by atoms with E-state index in [4.69, 9.17) is 0 Å². The van der Waals surface area contributed by atoms with Crippen LogP contribution in [0, 0.1) is 0 Å². The zero-order valence-electron chi connectivity index (χ0n) is 4.18. The van der Waals surface area contributed by atoms with Gasteiger partial charge < -0.3 is 5.32 Å². The van der Waals surface area contributed by atoms with Crippen molar-refractivity contribution >= 4 is 11.8 Å². The van der Waals surface area contributed by atoms with Crippen molar-refractivity contribution in [1.82, 2.24) is 5.32 Å². The Morgan fingerprint density at radius 1 is 1.57 bits per heavy atom. The minimum Gasteiger partial charge on any atom is -0.312 e. The maximum absolute atomic E-state index is 3.44. The molecule has 2 heteroatoms. The average Bonchev–Trinajstić information content (AvgIpc) is 2.41. The first-order chi connectivity index (χ1) is 3.47. The molecule has 40 valence electrons. The fraction of sp³-hybridized carbons (Fsp3) is 1.00. The highest BCUT2D eigenvalue weighted by Crippen LogP contribution is 2.36. The molecule has 1 saturated heterocycles. The van der Waals surface area contributed by atoms with Crippen LogP contribution in [0.2, 0.25) is 0 Å². The molecule has 7 heavy (non-hydrogen) atoms. The molecule has 1 saturated carbocycles. The van der Waals surface area contributed by atoms with Crippen molar-refractivity contribution in [2.75, 3.05) is 12.3 Å². The predicted octanol–water partition coefficient (Wildman–Crippen LogP) is 0.464. The summed E-state index contributed by atoms with van der Waals surface area (Å²) >= 11 is 2.13. The van der Waals surface area contributed by atoms with Crippen LogP contribution in [0.5, 0.6) is 0 Å². The van der Waals surface area contributed by atoms with Crippen LogP contribution >= 0.6 is 11.8 Å². The fourth-order valence-electron chi connectivity index (χ4n) is 1.03. The molecule has 2 atom stereocenters. The summed E-state index contributed by atoms with van der Waals surface area (Å²) in [7, 11) is 0. The summed E-state index contributed by atoms with van der Waals surface area (Å²) in [6.45, 7) is 1.24. The lowest BCUT2D eigenvalue weighted by molar-refractivity contribution is 0.717.